The van der Waals surface area contributed by atoms with E-state index in [-0.39, 0.29) is 29.9 Å². The molecular weight excluding hydrogens is 485 g/mol. The standard InChI is InChI=1S/C20H33N5O3.HI/c1-3-21-20(22-9-4-11-27-14-17-8-12-28-15-17)23-10-7-19(26)25-18-6-5-16(2)13-24-18;/h5-6,13,17H,3-4,7-12,14-15H2,1-2H3,(H2,21,22,23)(H,24,25,26);1H. The van der Waals surface area contributed by atoms with Crippen LogP contribution in [0.1, 0.15) is 31.7 Å². The summed E-state index contributed by atoms with van der Waals surface area (Å²) in [5, 5.41) is 9.16. The van der Waals surface area contributed by atoms with Gasteiger partial charge >= 0.3 is 0 Å². The fourth-order valence-electron chi connectivity index (χ4n) is 2.71. The topological polar surface area (TPSA) is 96.9 Å². The van der Waals surface area contributed by atoms with Gasteiger partial charge in [0.1, 0.15) is 5.82 Å². The van der Waals surface area contributed by atoms with Gasteiger partial charge in [0.2, 0.25) is 5.91 Å². The third kappa shape index (κ3) is 11.3. The van der Waals surface area contributed by atoms with Crippen molar-refractivity contribution in [3.8, 4) is 0 Å². The molecule has 164 valence electrons. The highest BCUT2D eigenvalue weighted by molar-refractivity contribution is 14.0. The molecule has 1 aliphatic heterocycles. The van der Waals surface area contributed by atoms with Gasteiger partial charge in [-0.3, -0.25) is 9.79 Å². The fourth-order valence-corrected chi connectivity index (χ4v) is 2.71. The summed E-state index contributed by atoms with van der Waals surface area (Å²) < 4.78 is 11.0. The number of nitrogens with zero attached hydrogens (tertiary/aromatic N) is 2. The van der Waals surface area contributed by atoms with Crippen LogP contribution in [0.2, 0.25) is 0 Å². The lowest BCUT2D eigenvalue weighted by Gasteiger charge is -2.12. The largest absolute Gasteiger partial charge is 0.381 e. The molecule has 1 fully saturated rings. The first-order chi connectivity index (χ1) is 13.7. The summed E-state index contributed by atoms with van der Waals surface area (Å²) in [7, 11) is 0. The quantitative estimate of drug-likeness (QED) is 0.180. The van der Waals surface area contributed by atoms with Crippen LogP contribution < -0.4 is 16.0 Å². The molecule has 0 spiro atoms. The van der Waals surface area contributed by atoms with E-state index in [1.165, 1.54) is 0 Å². The second-order valence-electron chi connectivity index (χ2n) is 6.86. The lowest BCUT2D eigenvalue weighted by Crippen LogP contribution is -2.38. The zero-order valence-electron chi connectivity index (χ0n) is 17.4. The first kappa shape index (κ1) is 25.6. The van der Waals surface area contributed by atoms with Crippen molar-refractivity contribution in [2.75, 3.05) is 51.4 Å². The third-order valence-corrected chi connectivity index (χ3v) is 4.26. The van der Waals surface area contributed by atoms with Gasteiger partial charge in [0.25, 0.3) is 0 Å². The second-order valence-corrected chi connectivity index (χ2v) is 6.86. The molecule has 1 aromatic heterocycles. The van der Waals surface area contributed by atoms with Gasteiger partial charge in [0, 0.05) is 51.4 Å². The molecule has 29 heavy (non-hydrogen) atoms. The molecule has 0 aromatic carbocycles. The number of amides is 1. The van der Waals surface area contributed by atoms with Gasteiger partial charge in [0.15, 0.2) is 5.96 Å². The van der Waals surface area contributed by atoms with E-state index in [1.54, 1.807) is 12.3 Å². The predicted octanol–water partition coefficient (Wildman–Crippen LogP) is 2.33. The number of rotatable bonds is 11. The Labute approximate surface area is 190 Å². The Morgan fingerprint density at radius 2 is 2.24 bits per heavy atom. The van der Waals surface area contributed by atoms with Crippen LogP contribution in [0, 0.1) is 12.8 Å². The monoisotopic (exact) mass is 519 g/mol. The van der Waals surface area contributed by atoms with E-state index in [4.69, 9.17) is 9.47 Å². The Morgan fingerprint density at radius 3 is 2.93 bits per heavy atom. The minimum atomic E-state index is -0.0796. The molecule has 8 nitrogen and oxygen atoms in total. The van der Waals surface area contributed by atoms with Crippen LogP contribution in [0.5, 0.6) is 0 Å². The van der Waals surface area contributed by atoms with Crippen molar-refractivity contribution in [1.29, 1.82) is 0 Å². The number of hydrogen-bond donors (Lipinski definition) is 3. The molecule has 0 radical (unpaired) electrons. The lowest BCUT2D eigenvalue weighted by molar-refractivity contribution is -0.116. The van der Waals surface area contributed by atoms with Gasteiger partial charge < -0.3 is 25.4 Å². The minimum absolute atomic E-state index is 0. The zero-order valence-corrected chi connectivity index (χ0v) is 19.7. The highest BCUT2D eigenvalue weighted by Gasteiger charge is 2.15. The van der Waals surface area contributed by atoms with Crippen molar-refractivity contribution in [1.82, 2.24) is 15.6 Å². The molecule has 0 saturated carbocycles. The average Bonchev–Trinajstić information content (AvgIpc) is 3.20. The number of halogens is 1. The Hall–Kier alpha value is -1.46. The Kier molecular flexibility index (Phi) is 13.6. The maximum Gasteiger partial charge on any atom is 0.227 e. The Bertz CT molecular complexity index is 607. The summed E-state index contributed by atoms with van der Waals surface area (Å²) in [6, 6.07) is 3.72. The van der Waals surface area contributed by atoms with Crippen molar-refractivity contribution in [3.05, 3.63) is 23.9 Å². The average molecular weight is 519 g/mol. The number of hydrogen-bond acceptors (Lipinski definition) is 5. The summed E-state index contributed by atoms with van der Waals surface area (Å²) in [5.41, 5.74) is 1.06. The number of anilines is 1. The van der Waals surface area contributed by atoms with E-state index in [0.29, 0.717) is 43.8 Å². The van der Waals surface area contributed by atoms with Crippen LogP contribution >= 0.6 is 24.0 Å². The van der Waals surface area contributed by atoms with Crippen LogP contribution in [-0.4, -0.2) is 62.9 Å². The van der Waals surface area contributed by atoms with Crippen LogP contribution in [0.3, 0.4) is 0 Å². The molecule has 0 bridgehead atoms. The molecule has 1 amide bonds. The summed E-state index contributed by atoms with van der Waals surface area (Å²) in [4.78, 5) is 20.7. The Balaban J connectivity index is 0.00000420. The number of aliphatic imine (C=N–C) groups is 1. The van der Waals surface area contributed by atoms with Crippen molar-refractivity contribution in [3.63, 3.8) is 0 Å². The van der Waals surface area contributed by atoms with E-state index in [2.05, 4.69) is 25.9 Å². The number of pyridine rings is 1. The van der Waals surface area contributed by atoms with Gasteiger partial charge in [-0.2, -0.15) is 0 Å². The fraction of sp³-hybridized carbons (Fsp3) is 0.650. The normalized spacial score (nSPS) is 16.2. The number of ether oxygens (including phenoxy) is 2. The number of guanidine groups is 1. The molecule has 0 aliphatic carbocycles. The van der Waals surface area contributed by atoms with Crippen LogP contribution in [0.25, 0.3) is 0 Å². The van der Waals surface area contributed by atoms with Crippen molar-refractivity contribution < 1.29 is 14.3 Å². The van der Waals surface area contributed by atoms with Gasteiger partial charge in [-0.05, 0) is 38.3 Å². The predicted molar refractivity (Wildman–Crippen MR) is 126 cm³/mol. The molecule has 2 heterocycles. The number of aromatic nitrogens is 1. The van der Waals surface area contributed by atoms with E-state index >= 15 is 0 Å². The molecule has 1 aromatic rings. The summed E-state index contributed by atoms with van der Waals surface area (Å²) in [6.45, 7) is 9.07. The molecule has 9 heteroatoms. The van der Waals surface area contributed by atoms with E-state index < -0.39 is 0 Å². The molecule has 1 aliphatic rings. The van der Waals surface area contributed by atoms with Gasteiger partial charge in [0.05, 0.1) is 13.2 Å². The zero-order chi connectivity index (χ0) is 20.0. The number of carbonyl (C=O) groups is 1. The van der Waals surface area contributed by atoms with Crippen LogP contribution in [-0.2, 0) is 14.3 Å². The van der Waals surface area contributed by atoms with Crippen molar-refractivity contribution in [2.45, 2.75) is 33.1 Å². The van der Waals surface area contributed by atoms with Gasteiger partial charge in [-0.25, -0.2) is 4.98 Å². The first-order valence-electron chi connectivity index (χ1n) is 10.1. The van der Waals surface area contributed by atoms with Gasteiger partial charge in [-0.15, -0.1) is 24.0 Å². The van der Waals surface area contributed by atoms with E-state index in [9.17, 15) is 4.79 Å². The summed E-state index contributed by atoms with van der Waals surface area (Å²) >= 11 is 0. The van der Waals surface area contributed by atoms with E-state index in [0.717, 1.165) is 44.8 Å². The van der Waals surface area contributed by atoms with Crippen LogP contribution in [0.15, 0.2) is 23.3 Å². The Morgan fingerprint density at radius 1 is 1.38 bits per heavy atom. The number of carbonyl (C=O) groups excluding carboxylic acids is 1. The summed E-state index contributed by atoms with van der Waals surface area (Å²) in [5.74, 6) is 1.75. The molecule has 3 N–H and O–H groups in total. The van der Waals surface area contributed by atoms with Crippen molar-refractivity contribution in [2.24, 2.45) is 10.9 Å². The molecular formula is C20H34IN5O3. The first-order valence-corrected chi connectivity index (χ1v) is 10.1. The number of aryl methyl sites for hydroxylation is 1. The third-order valence-electron chi connectivity index (χ3n) is 4.26. The maximum absolute atomic E-state index is 12.0. The summed E-state index contributed by atoms with van der Waals surface area (Å²) in [6.07, 6.45) is 4.03. The highest BCUT2D eigenvalue weighted by Crippen LogP contribution is 2.12. The maximum atomic E-state index is 12.0. The van der Waals surface area contributed by atoms with Gasteiger partial charge in [-0.1, -0.05) is 6.07 Å². The smallest absolute Gasteiger partial charge is 0.227 e. The molecule has 1 saturated heterocycles. The van der Waals surface area contributed by atoms with Crippen LogP contribution in [0.4, 0.5) is 5.82 Å². The molecule has 2 rings (SSSR count). The SMILES string of the molecule is CCNC(=NCCCOCC1CCOC1)NCCC(=O)Nc1ccc(C)cn1.I. The van der Waals surface area contributed by atoms with E-state index in [1.807, 2.05) is 19.9 Å². The van der Waals surface area contributed by atoms with Crippen molar-refractivity contribution >= 4 is 41.7 Å². The highest BCUT2D eigenvalue weighted by atomic mass is 127. The molecule has 1 atom stereocenters. The lowest BCUT2D eigenvalue weighted by atomic mass is 10.1. The number of nitrogens with one attached hydrogen (secondary N) is 3. The molecule has 1 unspecified atom stereocenters. The second kappa shape index (κ2) is 15.4. The minimum Gasteiger partial charge on any atom is -0.381 e.